The van der Waals surface area contributed by atoms with Crippen LogP contribution in [0, 0.1) is 5.92 Å². The number of primary amides is 1. The first-order valence-electron chi connectivity index (χ1n) is 6.37. The van der Waals surface area contributed by atoms with Gasteiger partial charge in [0.2, 0.25) is 5.91 Å². The standard InChI is InChI=1S/C14H21ClN2O/c1-3-10(4-2)8-17-9-12-6-5-11(14(16)18)7-13(12)15/h5-7,10,17H,3-4,8-9H2,1-2H3,(H2,16,18). The molecule has 1 amide bonds. The van der Waals surface area contributed by atoms with Gasteiger partial charge in [0.15, 0.2) is 0 Å². The lowest BCUT2D eigenvalue weighted by atomic mass is 10.0. The zero-order chi connectivity index (χ0) is 13.5. The lowest BCUT2D eigenvalue weighted by Gasteiger charge is -2.14. The first kappa shape index (κ1) is 15.0. The maximum absolute atomic E-state index is 11.0. The number of nitrogens with two attached hydrogens (primary N) is 1. The molecule has 0 fully saturated rings. The van der Waals surface area contributed by atoms with E-state index in [4.69, 9.17) is 17.3 Å². The van der Waals surface area contributed by atoms with Gasteiger partial charge in [0.05, 0.1) is 0 Å². The third kappa shape index (κ3) is 4.31. The number of benzene rings is 1. The van der Waals surface area contributed by atoms with Crippen LogP contribution in [0.5, 0.6) is 0 Å². The van der Waals surface area contributed by atoms with E-state index in [1.807, 2.05) is 6.07 Å². The molecule has 0 aliphatic rings. The molecule has 0 bridgehead atoms. The van der Waals surface area contributed by atoms with Crippen molar-refractivity contribution < 1.29 is 4.79 Å². The van der Waals surface area contributed by atoms with Gasteiger partial charge in [0.1, 0.15) is 0 Å². The maximum Gasteiger partial charge on any atom is 0.248 e. The van der Waals surface area contributed by atoms with Gasteiger partial charge >= 0.3 is 0 Å². The second kappa shape index (κ2) is 7.39. The van der Waals surface area contributed by atoms with Crippen LogP contribution in [0.1, 0.15) is 42.6 Å². The van der Waals surface area contributed by atoms with Crippen LogP contribution in [0.25, 0.3) is 0 Å². The van der Waals surface area contributed by atoms with Gasteiger partial charge in [-0.25, -0.2) is 0 Å². The number of nitrogens with one attached hydrogen (secondary N) is 1. The zero-order valence-electron chi connectivity index (χ0n) is 11.0. The summed E-state index contributed by atoms with van der Waals surface area (Å²) in [7, 11) is 0. The van der Waals surface area contributed by atoms with E-state index in [9.17, 15) is 4.79 Å². The number of carbonyl (C=O) groups excluding carboxylic acids is 1. The lowest BCUT2D eigenvalue weighted by Crippen LogP contribution is -2.22. The smallest absolute Gasteiger partial charge is 0.248 e. The molecule has 1 rings (SSSR count). The van der Waals surface area contributed by atoms with E-state index in [2.05, 4.69) is 19.2 Å². The van der Waals surface area contributed by atoms with Crippen LogP contribution in [0.15, 0.2) is 18.2 Å². The molecule has 0 saturated carbocycles. The topological polar surface area (TPSA) is 55.1 Å². The quantitative estimate of drug-likeness (QED) is 0.799. The number of hydrogen-bond donors (Lipinski definition) is 2. The van der Waals surface area contributed by atoms with E-state index >= 15 is 0 Å². The molecular weight excluding hydrogens is 248 g/mol. The molecule has 0 saturated heterocycles. The first-order valence-corrected chi connectivity index (χ1v) is 6.75. The fraction of sp³-hybridized carbons (Fsp3) is 0.500. The van der Waals surface area contributed by atoms with Gasteiger partial charge in [-0.15, -0.1) is 0 Å². The van der Waals surface area contributed by atoms with Gasteiger partial charge < -0.3 is 11.1 Å². The molecule has 4 heteroatoms. The molecule has 0 aromatic heterocycles. The molecule has 100 valence electrons. The molecule has 18 heavy (non-hydrogen) atoms. The highest BCUT2D eigenvalue weighted by atomic mass is 35.5. The number of rotatable bonds is 7. The van der Waals surface area contributed by atoms with Crippen LogP contribution in [0.2, 0.25) is 5.02 Å². The summed E-state index contributed by atoms with van der Waals surface area (Å²) in [5.41, 5.74) is 6.64. The lowest BCUT2D eigenvalue weighted by molar-refractivity contribution is 0.100. The minimum absolute atomic E-state index is 0.448. The number of halogens is 1. The molecule has 0 aliphatic carbocycles. The second-order valence-electron chi connectivity index (χ2n) is 4.48. The van der Waals surface area contributed by atoms with Crippen molar-refractivity contribution >= 4 is 17.5 Å². The maximum atomic E-state index is 11.0. The van der Waals surface area contributed by atoms with Gasteiger partial charge in [0.25, 0.3) is 0 Å². The van der Waals surface area contributed by atoms with Crippen molar-refractivity contribution in [2.24, 2.45) is 11.7 Å². The fourth-order valence-electron chi connectivity index (χ4n) is 1.83. The van der Waals surface area contributed by atoms with Crippen LogP contribution >= 0.6 is 11.6 Å². The van der Waals surface area contributed by atoms with Crippen molar-refractivity contribution in [1.82, 2.24) is 5.32 Å². The van der Waals surface area contributed by atoms with Crippen molar-refractivity contribution in [3.05, 3.63) is 34.3 Å². The molecule has 0 heterocycles. The summed E-state index contributed by atoms with van der Waals surface area (Å²) in [6.45, 7) is 6.10. The van der Waals surface area contributed by atoms with Crippen LogP contribution in [-0.4, -0.2) is 12.5 Å². The molecule has 0 unspecified atom stereocenters. The third-order valence-corrected chi connectivity index (χ3v) is 3.59. The van der Waals surface area contributed by atoms with E-state index in [-0.39, 0.29) is 0 Å². The van der Waals surface area contributed by atoms with Gasteiger partial charge in [-0.1, -0.05) is 44.4 Å². The SMILES string of the molecule is CCC(CC)CNCc1ccc(C(N)=O)cc1Cl. The largest absolute Gasteiger partial charge is 0.366 e. The van der Waals surface area contributed by atoms with Gasteiger partial charge in [0, 0.05) is 17.1 Å². The van der Waals surface area contributed by atoms with Crippen LogP contribution in [0.4, 0.5) is 0 Å². The Balaban J connectivity index is 2.55. The summed E-state index contributed by atoms with van der Waals surface area (Å²) in [6.07, 6.45) is 2.36. The van der Waals surface area contributed by atoms with Crippen molar-refractivity contribution in [2.45, 2.75) is 33.2 Å². The van der Waals surface area contributed by atoms with Crippen LogP contribution < -0.4 is 11.1 Å². The zero-order valence-corrected chi connectivity index (χ0v) is 11.8. The van der Waals surface area contributed by atoms with Crippen molar-refractivity contribution in [3.63, 3.8) is 0 Å². The summed E-state index contributed by atoms with van der Waals surface area (Å²) in [5.74, 6) is 0.252. The van der Waals surface area contributed by atoms with Gasteiger partial charge in [-0.3, -0.25) is 4.79 Å². The van der Waals surface area contributed by atoms with E-state index < -0.39 is 5.91 Å². The van der Waals surface area contributed by atoms with Crippen molar-refractivity contribution in [3.8, 4) is 0 Å². The molecule has 0 spiro atoms. The van der Waals surface area contributed by atoms with Crippen molar-refractivity contribution in [1.29, 1.82) is 0 Å². The Hall–Kier alpha value is -1.06. The molecule has 1 aromatic rings. The molecule has 3 N–H and O–H groups in total. The first-order chi connectivity index (χ1) is 8.58. The van der Waals surface area contributed by atoms with E-state index in [1.165, 1.54) is 12.8 Å². The monoisotopic (exact) mass is 268 g/mol. The summed E-state index contributed by atoms with van der Waals surface area (Å²) in [6, 6.07) is 5.18. The average molecular weight is 269 g/mol. The summed E-state index contributed by atoms with van der Waals surface area (Å²) in [5, 5.41) is 3.98. The third-order valence-electron chi connectivity index (χ3n) is 3.24. The summed E-state index contributed by atoms with van der Waals surface area (Å²) >= 11 is 6.11. The summed E-state index contributed by atoms with van der Waals surface area (Å²) in [4.78, 5) is 11.0. The Morgan fingerprint density at radius 2 is 2.06 bits per heavy atom. The Kier molecular flexibility index (Phi) is 6.16. The molecule has 3 nitrogen and oxygen atoms in total. The predicted octanol–water partition coefficient (Wildman–Crippen LogP) is 2.96. The Bertz CT molecular complexity index is 403. The normalized spacial score (nSPS) is 10.9. The molecule has 1 aromatic carbocycles. The molecule has 0 atom stereocenters. The fourth-order valence-corrected chi connectivity index (χ4v) is 2.08. The molecule has 0 aliphatic heterocycles. The van der Waals surface area contributed by atoms with Gasteiger partial charge in [-0.05, 0) is 30.2 Å². The second-order valence-corrected chi connectivity index (χ2v) is 4.89. The Morgan fingerprint density at radius 3 is 2.56 bits per heavy atom. The molecular formula is C14H21ClN2O. The highest BCUT2D eigenvalue weighted by Crippen LogP contribution is 2.18. The van der Waals surface area contributed by atoms with E-state index in [1.54, 1.807) is 12.1 Å². The Labute approximate surface area is 114 Å². The van der Waals surface area contributed by atoms with Gasteiger partial charge in [-0.2, -0.15) is 0 Å². The average Bonchev–Trinajstić information content (AvgIpc) is 2.36. The van der Waals surface area contributed by atoms with E-state index in [0.717, 1.165) is 12.1 Å². The number of amides is 1. The number of hydrogen-bond acceptors (Lipinski definition) is 2. The number of carbonyl (C=O) groups is 1. The van der Waals surface area contributed by atoms with E-state index in [0.29, 0.717) is 23.0 Å². The molecule has 0 radical (unpaired) electrons. The predicted molar refractivity (Wildman–Crippen MR) is 75.7 cm³/mol. The Morgan fingerprint density at radius 1 is 1.39 bits per heavy atom. The van der Waals surface area contributed by atoms with Crippen molar-refractivity contribution in [2.75, 3.05) is 6.54 Å². The van der Waals surface area contributed by atoms with Crippen LogP contribution in [-0.2, 0) is 6.54 Å². The summed E-state index contributed by atoms with van der Waals surface area (Å²) < 4.78 is 0. The minimum Gasteiger partial charge on any atom is -0.366 e. The van der Waals surface area contributed by atoms with Crippen LogP contribution in [0.3, 0.4) is 0 Å². The highest BCUT2D eigenvalue weighted by molar-refractivity contribution is 6.31. The highest BCUT2D eigenvalue weighted by Gasteiger charge is 2.07. The minimum atomic E-state index is -0.451.